The molecule has 0 unspecified atom stereocenters. The molecular weight excluding hydrogens is 438 g/mol. The highest BCUT2D eigenvalue weighted by molar-refractivity contribution is 7.92. The lowest BCUT2D eigenvalue weighted by atomic mass is 9.94. The molecular formula is C21H29N3O7S. The molecule has 11 heteroatoms. The molecule has 1 aromatic rings. The third kappa shape index (κ3) is 5.16. The second-order valence-corrected chi connectivity index (χ2v) is 10.2. The van der Waals surface area contributed by atoms with Crippen molar-refractivity contribution in [1.29, 1.82) is 0 Å². The van der Waals surface area contributed by atoms with Gasteiger partial charge in [-0.1, -0.05) is 0 Å². The second-order valence-electron chi connectivity index (χ2n) is 8.45. The van der Waals surface area contributed by atoms with Crippen LogP contribution in [0.5, 0.6) is 5.75 Å². The summed E-state index contributed by atoms with van der Waals surface area (Å²) in [4.78, 5) is 29.2. The van der Waals surface area contributed by atoms with Gasteiger partial charge in [0.05, 0.1) is 43.6 Å². The van der Waals surface area contributed by atoms with Crippen molar-refractivity contribution in [3.05, 3.63) is 23.8 Å². The average Bonchev–Trinajstić information content (AvgIpc) is 2.76. The molecule has 176 valence electrons. The van der Waals surface area contributed by atoms with E-state index in [1.54, 1.807) is 24.1 Å². The maximum atomic E-state index is 13.2. The fourth-order valence-electron chi connectivity index (χ4n) is 4.44. The summed E-state index contributed by atoms with van der Waals surface area (Å²) in [5.41, 5.74) is 0.597. The number of amides is 2. The molecule has 2 amide bonds. The Morgan fingerprint density at radius 3 is 2.69 bits per heavy atom. The van der Waals surface area contributed by atoms with Crippen LogP contribution < -0.4 is 9.46 Å². The lowest BCUT2D eigenvalue weighted by Gasteiger charge is -2.42. The molecule has 0 bridgehead atoms. The smallest absolute Gasteiger partial charge is 0.257 e. The molecule has 10 nitrogen and oxygen atoms in total. The van der Waals surface area contributed by atoms with Crippen molar-refractivity contribution < 1.29 is 32.2 Å². The fraction of sp³-hybridized carbons (Fsp3) is 0.619. The maximum absolute atomic E-state index is 13.2. The molecule has 4 rings (SSSR count). The number of likely N-dealkylation sites (N-methyl/N-ethyl adjacent to an activating group) is 1. The summed E-state index contributed by atoms with van der Waals surface area (Å²) in [6.45, 7) is 2.55. The Balaban J connectivity index is 1.46. The quantitative estimate of drug-likeness (QED) is 0.693. The van der Waals surface area contributed by atoms with Crippen LogP contribution in [0.2, 0.25) is 0 Å². The summed E-state index contributed by atoms with van der Waals surface area (Å²) in [5, 5.41) is 0. The van der Waals surface area contributed by atoms with Gasteiger partial charge in [0.25, 0.3) is 5.91 Å². The average molecular weight is 468 g/mol. The molecule has 2 fully saturated rings. The number of anilines is 1. The van der Waals surface area contributed by atoms with Crippen LogP contribution in [0.15, 0.2) is 18.2 Å². The van der Waals surface area contributed by atoms with Crippen molar-refractivity contribution in [3.63, 3.8) is 0 Å². The first-order valence-corrected chi connectivity index (χ1v) is 12.6. The molecule has 2 saturated heterocycles. The number of carbonyl (C=O) groups is 2. The largest absolute Gasteiger partial charge is 0.490 e. The van der Waals surface area contributed by atoms with Crippen LogP contribution in [0.4, 0.5) is 5.69 Å². The molecule has 3 aliphatic rings. The van der Waals surface area contributed by atoms with Gasteiger partial charge < -0.3 is 24.0 Å². The Bertz CT molecular complexity index is 978. The van der Waals surface area contributed by atoms with Crippen molar-refractivity contribution in [3.8, 4) is 5.75 Å². The molecule has 3 heterocycles. The van der Waals surface area contributed by atoms with E-state index in [0.717, 1.165) is 6.26 Å². The number of benzene rings is 1. The van der Waals surface area contributed by atoms with E-state index in [1.807, 2.05) is 4.90 Å². The minimum absolute atomic E-state index is 0.0594. The van der Waals surface area contributed by atoms with Crippen LogP contribution in [0.3, 0.4) is 0 Å². The lowest BCUT2D eigenvalue weighted by Crippen LogP contribution is -2.54. The van der Waals surface area contributed by atoms with E-state index in [9.17, 15) is 18.0 Å². The van der Waals surface area contributed by atoms with Gasteiger partial charge in [-0.05, 0) is 31.0 Å². The van der Waals surface area contributed by atoms with E-state index in [0.29, 0.717) is 62.6 Å². The zero-order valence-corrected chi connectivity index (χ0v) is 19.1. The Kier molecular flexibility index (Phi) is 6.59. The first-order chi connectivity index (χ1) is 15.2. The Morgan fingerprint density at radius 1 is 1.22 bits per heavy atom. The van der Waals surface area contributed by atoms with Crippen molar-refractivity contribution in [2.45, 2.75) is 37.5 Å². The summed E-state index contributed by atoms with van der Waals surface area (Å²) in [6.07, 6.45) is 2.13. The molecule has 3 atom stereocenters. The van der Waals surface area contributed by atoms with Crippen LogP contribution in [-0.2, 0) is 24.3 Å². The normalized spacial score (nSPS) is 26.3. The highest BCUT2D eigenvalue weighted by atomic mass is 32.2. The highest BCUT2D eigenvalue weighted by Crippen LogP contribution is 2.32. The van der Waals surface area contributed by atoms with Gasteiger partial charge in [0.1, 0.15) is 18.5 Å². The summed E-state index contributed by atoms with van der Waals surface area (Å²) >= 11 is 0. The van der Waals surface area contributed by atoms with Crippen molar-refractivity contribution in [2.75, 3.05) is 50.9 Å². The van der Waals surface area contributed by atoms with Crippen molar-refractivity contribution in [1.82, 2.24) is 9.80 Å². The van der Waals surface area contributed by atoms with Crippen LogP contribution in [-0.4, -0.2) is 94.5 Å². The van der Waals surface area contributed by atoms with Crippen LogP contribution in [0.25, 0.3) is 0 Å². The minimum atomic E-state index is -3.47. The number of morpholine rings is 1. The third-order valence-electron chi connectivity index (χ3n) is 6.08. The Labute approximate surface area is 187 Å². The number of nitrogens with zero attached hydrogens (tertiary/aromatic N) is 2. The summed E-state index contributed by atoms with van der Waals surface area (Å²) < 4.78 is 42.9. The monoisotopic (exact) mass is 467 g/mol. The number of carbonyl (C=O) groups excluding carboxylic acids is 2. The van der Waals surface area contributed by atoms with Gasteiger partial charge in [-0.15, -0.1) is 0 Å². The predicted molar refractivity (Wildman–Crippen MR) is 116 cm³/mol. The standard InChI is InChI=1S/C21H29N3O7S/c1-23-17-5-4-15(12-20(25)24-7-9-29-10-8-24)31-19(17)13-30-18-6-3-14(22-32(2,27)28)11-16(18)21(23)26/h3,6,11,15,17,19,22H,4-5,7-10,12-13H2,1-2H3/t15-,17-,19+/m0/s1. The zero-order chi connectivity index (χ0) is 22.9. The molecule has 1 N–H and O–H groups in total. The topological polar surface area (TPSA) is 114 Å². The van der Waals surface area contributed by atoms with E-state index in [1.165, 1.54) is 6.07 Å². The van der Waals surface area contributed by atoms with E-state index in [-0.39, 0.29) is 36.7 Å². The summed E-state index contributed by atoms with van der Waals surface area (Å²) in [5.74, 6) is 0.164. The number of hydrogen-bond donors (Lipinski definition) is 1. The Morgan fingerprint density at radius 2 is 1.97 bits per heavy atom. The number of fused-ring (bicyclic) bond motifs is 2. The van der Waals surface area contributed by atoms with Gasteiger partial charge >= 0.3 is 0 Å². The first-order valence-electron chi connectivity index (χ1n) is 10.7. The molecule has 3 aliphatic heterocycles. The molecule has 0 aromatic heterocycles. The minimum Gasteiger partial charge on any atom is -0.490 e. The number of nitrogens with one attached hydrogen (secondary N) is 1. The lowest BCUT2D eigenvalue weighted by molar-refractivity contribution is -0.146. The van der Waals surface area contributed by atoms with Gasteiger partial charge in [-0.2, -0.15) is 0 Å². The number of hydrogen-bond acceptors (Lipinski definition) is 7. The Hall–Kier alpha value is -2.37. The summed E-state index contributed by atoms with van der Waals surface area (Å²) in [6, 6.07) is 4.43. The van der Waals surface area contributed by atoms with Crippen LogP contribution in [0, 0.1) is 0 Å². The SMILES string of the molecule is CN1C(=O)c2cc(NS(C)(=O)=O)ccc2OC[C@H]2O[C@H](CC(=O)N3CCOCC3)CC[C@@H]21. The van der Waals surface area contributed by atoms with Crippen molar-refractivity contribution in [2.24, 2.45) is 0 Å². The molecule has 0 aliphatic carbocycles. The maximum Gasteiger partial charge on any atom is 0.257 e. The number of sulfonamides is 1. The zero-order valence-electron chi connectivity index (χ0n) is 18.3. The van der Waals surface area contributed by atoms with Gasteiger partial charge in [-0.3, -0.25) is 14.3 Å². The highest BCUT2D eigenvalue weighted by Gasteiger charge is 2.39. The van der Waals surface area contributed by atoms with E-state index in [2.05, 4.69) is 4.72 Å². The van der Waals surface area contributed by atoms with Crippen LogP contribution >= 0.6 is 0 Å². The number of ether oxygens (including phenoxy) is 3. The first kappa shape index (κ1) is 22.8. The van der Waals surface area contributed by atoms with Gasteiger partial charge in [0, 0.05) is 25.8 Å². The number of rotatable bonds is 4. The fourth-order valence-corrected chi connectivity index (χ4v) is 5.00. The van der Waals surface area contributed by atoms with Crippen LogP contribution in [0.1, 0.15) is 29.6 Å². The molecule has 32 heavy (non-hydrogen) atoms. The van der Waals surface area contributed by atoms with E-state index in [4.69, 9.17) is 14.2 Å². The predicted octanol–water partition coefficient (Wildman–Crippen LogP) is 0.688. The van der Waals surface area contributed by atoms with Gasteiger partial charge in [-0.25, -0.2) is 8.42 Å². The molecule has 0 saturated carbocycles. The van der Waals surface area contributed by atoms with E-state index >= 15 is 0 Å². The van der Waals surface area contributed by atoms with Gasteiger partial charge in [0.15, 0.2) is 0 Å². The van der Waals surface area contributed by atoms with Gasteiger partial charge in [0.2, 0.25) is 15.9 Å². The third-order valence-corrected chi connectivity index (χ3v) is 6.69. The molecule has 0 radical (unpaired) electrons. The summed E-state index contributed by atoms with van der Waals surface area (Å²) in [7, 11) is -1.75. The van der Waals surface area contributed by atoms with Crippen molar-refractivity contribution >= 4 is 27.5 Å². The molecule has 0 spiro atoms. The molecule has 1 aromatic carbocycles. The van der Waals surface area contributed by atoms with E-state index < -0.39 is 10.0 Å². The second kappa shape index (κ2) is 9.24.